The topological polar surface area (TPSA) is 17.1 Å². The van der Waals surface area contributed by atoms with Gasteiger partial charge in [0.15, 0.2) is 0 Å². The van der Waals surface area contributed by atoms with Crippen molar-refractivity contribution in [3.05, 3.63) is 12.2 Å². The monoisotopic (exact) mass is 140 g/mol. The van der Waals surface area contributed by atoms with Crippen molar-refractivity contribution in [2.24, 2.45) is 5.92 Å². The number of hydrogen-bond donors (Lipinski definition) is 0. The molecule has 0 N–H and O–H groups in total. The smallest absolute Gasteiger partial charge is 0.139 e. The summed E-state index contributed by atoms with van der Waals surface area (Å²) in [5.74, 6) is 0.580. The molecule has 1 unspecified atom stereocenters. The van der Waals surface area contributed by atoms with Crippen molar-refractivity contribution in [2.45, 2.75) is 33.6 Å². The van der Waals surface area contributed by atoms with E-state index in [4.69, 9.17) is 0 Å². The van der Waals surface area contributed by atoms with E-state index in [2.05, 4.69) is 0 Å². The highest BCUT2D eigenvalue weighted by molar-refractivity contribution is 5.81. The molecule has 0 amide bonds. The summed E-state index contributed by atoms with van der Waals surface area (Å²) in [5, 5.41) is 0. The van der Waals surface area contributed by atoms with Crippen molar-refractivity contribution >= 4 is 5.78 Å². The van der Waals surface area contributed by atoms with Crippen molar-refractivity contribution in [1.82, 2.24) is 0 Å². The van der Waals surface area contributed by atoms with E-state index in [1.54, 1.807) is 0 Å². The second-order valence-electron chi connectivity index (χ2n) is 2.55. The van der Waals surface area contributed by atoms with E-state index in [1.807, 2.05) is 32.9 Å². The molecule has 1 atom stereocenters. The summed E-state index contributed by atoms with van der Waals surface area (Å²) in [6.45, 7) is 5.95. The molecule has 0 aromatic heterocycles. The zero-order valence-electron chi connectivity index (χ0n) is 7.05. The summed E-state index contributed by atoms with van der Waals surface area (Å²) < 4.78 is 0. The van der Waals surface area contributed by atoms with Gasteiger partial charge in [0, 0.05) is 12.3 Å². The molecule has 0 rings (SSSR count). The minimum Gasteiger partial charge on any atom is -0.299 e. The van der Waals surface area contributed by atoms with Gasteiger partial charge in [0.1, 0.15) is 5.78 Å². The number of Topliss-reactive ketones (excluding diaryl/α,β-unsaturated/α-hetero) is 1. The molecule has 0 aromatic rings. The fraction of sp³-hybridized carbons (Fsp3) is 0.667. The molecule has 0 heterocycles. The van der Waals surface area contributed by atoms with Gasteiger partial charge < -0.3 is 0 Å². The third-order valence-corrected chi connectivity index (χ3v) is 1.72. The lowest BCUT2D eigenvalue weighted by Gasteiger charge is -2.02. The van der Waals surface area contributed by atoms with Crippen LogP contribution in [0.3, 0.4) is 0 Å². The maximum Gasteiger partial charge on any atom is 0.139 e. The molecule has 0 aliphatic heterocycles. The Balaban J connectivity index is 3.62. The molecular formula is C9H16O. The lowest BCUT2D eigenvalue weighted by atomic mass is 10.0. The van der Waals surface area contributed by atoms with Crippen LogP contribution < -0.4 is 0 Å². The van der Waals surface area contributed by atoms with E-state index in [9.17, 15) is 4.79 Å². The fourth-order valence-corrected chi connectivity index (χ4v) is 0.663. The third-order valence-electron chi connectivity index (χ3n) is 1.72. The molecule has 0 bridgehead atoms. The molecule has 1 heteroatoms. The highest BCUT2D eigenvalue weighted by atomic mass is 16.1. The number of ketones is 1. The van der Waals surface area contributed by atoms with Crippen LogP contribution >= 0.6 is 0 Å². The van der Waals surface area contributed by atoms with Gasteiger partial charge in [-0.3, -0.25) is 4.79 Å². The van der Waals surface area contributed by atoms with Crippen molar-refractivity contribution < 1.29 is 4.79 Å². The summed E-state index contributed by atoms with van der Waals surface area (Å²) >= 11 is 0. The average Bonchev–Trinajstić information content (AvgIpc) is 1.98. The molecule has 0 aromatic carbocycles. The first-order chi connectivity index (χ1) is 4.72. The number of hydrogen-bond acceptors (Lipinski definition) is 1. The standard InChI is InChI=1S/C9H16O/c1-4-6-7-9(10)8(3)5-2/h4,6,8H,5,7H2,1-3H3/b6-4-. The first-order valence-electron chi connectivity index (χ1n) is 3.86. The Kier molecular flexibility index (Phi) is 4.91. The van der Waals surface area contributed by atoms with Crippen molar-refractivity contribution in [2.75, 3.05) is 0 Å². The third kappa shape index (κ3) is 3.44. The Morgan fingerprint density at radius 2 is 2.20 bits per heavy atom. The number of rotatable bonds is 4. The zero-order chi connectivity index (χ0) is 7.98. The Hall–Kier alpha value is -0.590. The lowest BCUT2D eigenvalue weighted by Crippen LogP contribution is -2.07. The minimum absolute atomic E-state index is 0.233. The molecule has 0 saturated carbocycles. The summed E-state index contributed by atoms with van der Waals surface area (Å²) in [7, 11) is 0. The van der Waals surface area contributed by atoms with Gasteiger partial charge in [-0.15, -0.1) is 0 Å². The number of carbonyl (C=O) groups excluding carboxylic acids is 1. The molecule has 0 saturated heterocycles. The molecule has 0 fully saturated rings. The first-order valence-corrected chi connectivity index (χ1v) is 3.86. The molecule has 0 radical (unpaired) electrons. The normalized spacial score (nSPS) is 13.9. The Morgan fingerprint density at radius 1 is 1.60 bits per heavy atom. The molecular weight excluding hydrogens is 124 g/mol. The summed E-state index contributed by atoms with van der Waals surface area (Å²) in [4.78, 5) is 11.1. The predicted octanol–water partition coefficient (Wildman–Crippen LogP) is 2.57. The van der Waals surface area contributed by atoms with Crippen molar-refractivity contribution in [3.8, 4) is 0 Å². The van der Waals surface area contributed by atoms with E-state index in [0.717, 1.165) is 6.42 Å². The number of allylic oxidation sites excluding steroid dienone is 2. The molecule has 10 heavy (non-hydrogen) atoms. The van der Waals surface area contributed by atoms with E-state index < -0.39 is 0 Å². The van der Waals surface area contributed by atoms with Gasteiger partial charge in [-0.1, -0.05) is 26.0 Å². The zero-order valence-corrected chi connectivity index (χ0v) is 7.05. The molecule has 0 spiro atoms. The summed E-state index contributed by atoms with van der Waals surface area (Å²) in [5.41, 5.74) is 0. The summed E-state index contributed by atoms with van der Waals surface area (Å²) in [6.07, 6.45) is 5.39. The van der Waals surface area contributed by atoms with Gasteiger partial charge in [0.05, 0.1) is 0 Å². The largest absolute Gasteiger partial charge is 0.299 e. The van der Waals surface area contributed by atoms with Gasteiger partial charge in [-0.2, -0.15) is 0 Å². The van der Waals surface area contributed by atoms with E-state index in [1.165, 1.54) is 0 Å². The second-order valence-corrected chi connectivity index (χ2v) is 2.55. The fourth-order valence-electron chi connectivity index (χ4n) is 0.663. The van der Waals surface area contributed by atoms with Crippen LogP contribution in [0.25, 0.3) is 0 Å². The van der Waals surface area contributed by atoms with Crippen LogP contribution in [0.2, 0.25) is 0 Å². The van der Waals surface area contributed by atoms with Crippen LogP contribution in [0, 0.1) is 5.92 Å². The first kappa shape index (κ1) is 9.41. The van der Waals surface area contributed by atoms with Gasteiger partial charge in [-0.05, 0) is 13.3 Å². The van der Waals surface area contributed by atoms with E-state index >= 15 is 0 Å². The maximum atomic E-state index is 11.1. The van der Waals surface area contributed by atoms with E-state index in [0.29, 0.717) is 12.2 Å². The average molecular weight is 140 g/mol. The SMILES string of the molecule is C/C=C\CC(=O)C(C)CC. The molecule has 0 aliphatic rings. The van der Waals surface area contributed by atoms with E-state index in [-0.39, 0.29) is 5.92 Å². The molecule has 0 aliphatic carbocycles. The van der Waals surface area contributed by atoms with Crippen molar-refractivity contribution in [1.29, 1.82) is 0 Å². The molecule has 58 valence electrons. The number of carbonyl (C=O) groups is 1. The van der Waals surface area contributed by atoms with Crippen LogP contribution in [-0.2, 0) is 4.79 Å². The van der Waals surface area contributed by atoms with Gasteiger partial charge >= 0.3 is 0 Å². The maximum absolute atomic E-state index is 11.1. The lowest BCUT2D eigenvalue weighted by molar-refractivity contribution is -0.121. The van der Waals surface area contributed by atoms with Gasteiger partial charge in [0.25, 0.3) is 0 Å². The van der Waals surface area contributed by atoms with Crippen molar-refractivity contribution in [3.63, 3.8) is 0 Å². The quantitative estimate of drug-likeness (QED) is 0.548. The Labute approximate surface area is 63.1 Å². The van der Waals surface area contributed by atoms with Crippen LogP contribution in [0.1, 0.15) is 33.6 Å². The van der Waals surface area contributed by atoms with Crippen LogP contribution in [0.4, 0.5) is 0 Å². The van der Waals surface area contributed by atoms with Crippen LogP contribution in [-0.4, -0.2) is 5.78 Å². The predicted molar refractivity (Wildman–Crippen MR) is 43.9 cm³/mol. The van der Waals surface area contributed by atoms with Gasteiger partial charge in [-0.25, -0.2) is 0 Å². The molecule has 1 nitrogen and oxygen atoms in total. The Morgan fingerprint density at radius 3 is 2.60 bits per heavy atom. The highest BCUT2D eigenvalue weighted by Crippen LogP contribution is 2.04. The van der Waals surface area contributed by atoms with Gasteiger partial charge in [0.2, 0.25) is 0 Å². The van der Waals surface area contributed by atoms with Crippen LogP contribution in [0.15, 0.2) is 12.2 Å². The minimum atomic E-state index is 0.233. The highest BCUT2D eigenvalue weighted by Gasteiger charge is 2.06. The second kappa shape index (κ2) is 5.21. The Bertz CT molecular complexity index is 125. The summed E-state index contributed by atoms with van der Waals surface area (Å²) in [6, 6.07) is 0. The van der Waals surface area contributed by atoms with Crippen LogP contribution in [0.5, 0.6) is 0 Å².